The van der Waals surface area contributed by atoms with Gasteiger partial charge < -0.3 is 5.32 Å². The number of carbonyl (C=O) groups excluding carboxylic acids is 1. The van der Waals surface area contributed by atoms with Gasteiger partial charge in [-0.1, -0.05) is 30.3 Å². The van der Waals surface area contributed by atoms with E-state index in [9.17, 15) is 4.79 Å². The minimum Gasteiger partial charge on any atom is -0.320 e. The van der Waals surface area contributed by atoms with E-state index in [0.29, 0.717) is 11.3 Å². The highest BCUT2D eigenvalue weighted by Gasteiger charge is 2.25. The van der Waals surface area contributed by atoms with Crippen molar-refractivity contribution in [2.75, 3.05) is 5.32 Å². The summed E-state index contributed by atoms with van der Waals surface area (Å²) < 4.78 is 0. The third-order valence-corrected chi connectivity index (χ3v) is 3.05. The molecular weight excluding hydrogens is 264 g/mol. The molecule has 0 saturated heterocycles. The molecule has 0 radical (unpaired) electrons. The van der Waals surface area contributed by atoms with E-state index in [-0.39, 0.29) is 5.91 Å². The molecule has 0 aliphatic carbocycles. The highest BCUT2D eigenvalue weighted by Crippen LogP contribution is 2.22. The quantitative estimate of drug-likeness (QED) is 0.674. The second-order valence-corrected chi connectivity index (χ2v) is 4.43. The minimum absolute atomic E-state index is 0.256. The number of rotatable bonds is 2. The van der Waals surface area contributed by atoms with Crippen LogP contribution in [0.5, 0.6) is 0 Å². The molecular formula is C16H10N4O. The lowest BCUT2D eigenvalue weighted by Crippen LogP contribution is -2.13. The van der Waals surface area contributed by atoms with Crippen LogP contribution < -0.4 is 5.32 Å². The van der Waals surface area contributed by atoms with Crippen molar-refractivity contribution in [1.29, 1.82) is 5.26 Å². The van der Waals surface area contributed by atoms with Gasteiger partial charge in [0.15, 0.2) is 5.71 Å². The van der Waals surface area contributed by atoms with Gasteiger partial charge in [0.05, 0.1) is 23.5 Å². The lowest BCUT2D eigenvalue weighted by atomic mass is 10.1. The molecule has 0 spiro atoms. The SMILES string of the molecule is N#Cc1ccc(C=N/N=C2\C(=O)Nc3ccccc32)cc1. The van der Waals surface area contributed by atoms with Crippen LogP contribution in [0.15, 0.2) is 58.7 Å². The van der Waals surface area contributed by atoms with Gasteiger partial charge in [0, 0.05) is 5.56 Å². The second kappa shape index (κ2) is 5.39. The molecule has 0 saturated carbocycles. The molecule has 2 aromatic rings. The van der Waals surface area contributed by atoms with Crippen molar-refractivity contribution in [1.82, 2.24) is 0 Å². The lowest BCUT2D eigenvalue weighted by Gasteiger charge is -1.94. The molecule has 0 bridgehead atoms. The molecule has 0 atom stereocenters. The monoisotopic (exact) mass is 274 g/mol. The Bertz CT molecular complexity index is 798. The zero-order valence-electron chi connectivity index (χ0n) is 10.9. The highest BCUT2D eigenvalue weighted by atomic mass is 16.2. The van der Waals surface area contributed by atoms with Crippen molar-refractivity contribution in [3.05, 3.63) is 65.2 Å². The Morgan fingerprint density at radius 2 is 1.86 bits per heavy atom. The molecule has 0 aromatic heterocycles. The lowest BCUT2D eigenvalue weighted by molar-refractivity contribution is -0.110. The summed E-state index contributed by atoms with van der Waals surface area (Å²) in [5.41, 5.74) is 3.19. The Balaban J connectivity index is 1.84. The number of nitriles is 1. The van der Waals surface area contributed by atoms with E-state index >= 15 is 0 Å². The average molecular weight is 274 g/mol. The van der Waals surface area contributed by atoms with Crippen LogP contribution in [-0.2, 0) is 4.79 Å². The van der Waals surface area contributed by atoms with E-state index in [2.05, 4.69) is 15.5 Å². The zero-order valence-corrected chi connectivity index (χ0v) is 10.9. The Morgan fingerprint density at radius 1 is 1.10 bits per heavy atom. The summed E-state index contributed by atoms with van der Waals surface area (Å²) in [5, 5.41) is 19.4. The molecule has 1 aliphatic heterocycles. The van der Waals surface area contributed by atoms with Gasteiger partial charge in [-0.15, -0.1) is 5.10 Å². The van der Waals surface area contributed by atoms with Crippen LogP contribution in [0.3, 0.4) is 0 Å². The van der Waals surface area contributed by atoms with Gasteiger partial charge in [0.1, 0.15) is 0 Å². The fourth-order valence-electron chi connectivity index (χ4n) is 2.00. The van der Waals surface area contributed by atoms with Crippen molar-refractivity contribution in [2.45, 2.75) is 0 Å². The van der Waals surface area contributed by atoms with Crippen molar-refractivity contribution in [2.24, 2.45) is 10.2 Å². The van der Waals surface area contributed by atoms with Gasteiger partial charge in [-0.25, -0.2) is 0 Å². The van der Waals surface area contributed by atoms with E-state index in [0.717, 1.165) is 16.8 Å². The number of nitrogens with one attached hydrogen (secondary N) is 1. The largest absolute Gasteiger partial charge is 0.320 e. The molecule has 0 fully saturated rings. The summed E-state index contributed by atoms with van der Waals surface area (Å²) in [4.78, 5) is 11.8. The number of carbonyl (C=O) groups is 1. The first-order valence-corrected chi connectivity index (χ1v) is 6.30. The standard InChI is InChI=1S/C16H10N4O/c17-9-11-5-7-12(8-6-11)10-18-20-15-13-3-1-2-4-14(13)19-16(15)21/h1-8,10H,(H,19,20,21). The fourth-order valence-corrected chi connectivity index (χ4v) is 2.00. The topological polar surface area (TPSA) is 77.6 Å². The van der Waals surface area contributed by atoms with E-state index in [4.69, 9.17) is 5.26 Å². The van der Waals surface area contributed by atoms with E-state index in [1.165, 1.54) is 0 Å². The Morgan fingerprint density at radius 3 is 2.62 bits per heavy atom. The van der Waals surface area contributed by atoms with Gasteiger partial charge >= 0.3 is 0 Å². The Hall–Kier alpha value is -3.26. The van der Waals surface area contributed by atoms with Gasteiger partial charge in [-0.2, -0.15) is 10.4 Å². The summed E-state index contributed by atoms with van der Waals surface area (Å²) in [6.45, 7) is 0. The molecule has 2 aromatic carbocycles. The normalized spacial score (nSPS) is 15.0. The first kappa shape index (κ1) is 12.8. The van der Waals surface area contributed by atoms with Gasteiger partial charge in [0.25, 0.3) is 5.91 Å². The zero-order chi connectivity index (χ0) is 14.7. The van der Waals surface area contributed by atoms with E-state index in [1.807, 2.05) is 30.3 Å². The van der Waals surface area contributed by atoms with Crippen LogP contribution in [-0.4, -0.2) is 17.8 Å². The predicted octanol–water partition coefficient (Wildman–Crippen LogP) is 2.33. The van der Waals surface area contributed by atoms with Crippen LogP contribution in [0, 0.1) is 11.3 Å². The summed E-state index contributed by atoms with van der Waals surface area (Å²) in [5.74, 6) is -0.256. The Kier molecular flexibility index (Phi) is 3.27. The fraction of sp³-hybridized carbons (Fsp3) is 0. The maximum absolute atomic E-state index is 11.8. The molecule has 5 nitrogen and oxygen atoms in total. The van der Waals surface area contributed by atoms with Crippen molar-refractivity contribution < 1.29 is 4.79 Å². The maximum Gasteiger partial charge on any atom is 0.276 e. The van der Waals surface area contributed by atoms with Gasteiger partial charge in [-0.05, 0) is 23.8 Å². The number of fused-ring (bicyclic) bond motifs is 1. The molecule has 21 heavy (non-hydrogen) atoms. The third-order valence-electron chi connectivity index (χ3n) is 3.05. The average Bonchev–Trinajstić information content (AvgIpc) is 2.84. The molecule has 1 amide bonds. The van der Waals surface area contributed by atoms with Gasteiger partial charge in [-0.3, -0.25) is 4.79 Å². The molecule has 0 unspecified atom stereocenters. The third kappa shape index (κ3) is 2.55. The number of hydrogen-bond acceptors (Lipinski definition) is 4. The molecule has 1 heterocycles. The molecule has 100 valence electrons. The molecule has 5 heteroatoms. The summed E-state index contributed by atoms with van der Waals surface area (Å²) in [6, 6.07) is 16.3. The van der Waals surface area contributed by atoms with Crippen molar-refractivity contribution >= 4 is 23.5 Å². The number of benzene rings is 2. The van der Waals surface area contributed by atoms with E-state index in [1.54, 1.807) is 30.5 Å². The predicted molar refractivity (Wildman–Crippen MR) is 80.4 cm³/mol. The van der Waals surface area contributed by atoms with Crippen molar-refractivity contribution in [3.63, 3.8) is 0 Å². The molecule has 1 aliphatic rings. The van der Waals surface area contributed by atoms with Crippen LogP contribution in [0.1, 0.15) is 16.7 Å². The number of hydrogen-bond donors (Lipinski definition) is 1. The van der Waals surface area contributed by atoms with Crippen LogP contribution in [0.25, 0.3) is 0 Å². The highest BCUT2D eigenvalue weighted by molar-refractivity contribution is 6.53. The van der Waals surface area contributed by atoms with Crippen LogP contribution in [0.2, 0.25) is 0 Å². The summed E-state index contributed by atoms with van der Waals surface area (Å²) in [7, 11) is 0. The van der Waals surface area contributed by atoms with Crippen molar-refractivity contribution in [3.8, 4) is 6.07 Å². The first-order chi connectivity index (χ1) is 10.3. The Labute approximate surface area is 121 Å². The number of amides is 1. The number of para-hydroxylation sites is 1. The van der Waals surface area contributed by atoms with Crippen LogP contribution >= 0.6 is 0 Å². The molecule has 1 N–H and O–H groups in total. The van der Waals surface area contributed by atoms with Crippen LogP contribution in [0.4, 0.5) is 5.69 Å². The summed E-state index contributed by atoms with van der Waals surface area (Å²) >= 11 is 0. The number of anilines is 1. The minimum atomic E-state index is -0.256. The van der Waals surface area contributed by atoms with E-state index < -0.39 is 0 Å². The smallest absolute Gasteiger partial charge is 0.276 e. The number of nitrogens with zero attached hydrogens (tertiary/aromatic N) is 3. The second-order valence-electron chi connectivity index (χ2n) is 4.43. The summed E-state index contributed by atoms with van der Waals surface area (Å²) in [6.07, 6.45) is 1.54. The first-order valence-electron chi connectivity index (χ1n) is 6.30. The van der Waals surface area contributed by atoms with Gasteiger partial charge in [0.2, 0.25) is 0 Å². The maximum atomic E-state index is 11.8. The molecule has 3 rings (SSSR count).